The number of sulfonamides is 1. The van der Waals surface area contributed by atoms with Crippen molar-refractivity contribution >= 4 is 38.9 Å². The first-order valence-corrected chi connectivity index (χ1v) is 11.4. The van der Waals surface area contributed by atoms with Crippen molar-refractivity contribution in [3.8, 4) is 0 Å². The van der Waals surface area contributed by atoms with Gasteiger partial charge in [-0.15, -0.1) is 11.3 Å². The van der Waals surface area contributed by atoms with E-state index in [-0.39, 0.29) is 22.7 Å². The van der Waals surface area contributed by atoms with Gasteiger partial charge in [0, 0.05) is 32.7 Å². The predicted octanol–water partition coefficient (Wildman–Crippen LogP) is 2.50. The maximum absolute atomic E-state index is 12.4. The summed E-state index contributed by atoms with van der Waals surface area (Å²) in [5.41, 5.74) is 0. The summed E-state index contributed by atoms with van der Waals surface area (Å²) in [6.07, 6.45) is 1.24. The molecule has 1 aliphatic heterocycles. The van der Waals surface area contributed by atoms with Crippen molar-refractivity contribution in [1.82, 2.24) is 14.5 Å². The van der Waals surface area contributed by atoms with Gasteiger partial charge in [0.1, 0.15) is 4.21 Å². The fourth-order valence-electron chi connectivity index (χ4n) is 3.57. The molecule has 0 spiro atoms. The molecule has 26 heavy (non-hydrogen) atoms. The molecule has 0 bridgehead atoms. The van der Waals surface area contributed by atoms with E-state index in [1.54, 1.807) is 0 Å². The highest BCUT2D eigenvalue weighted by atomic mass is 35.5. The molecule has 0 saturated carbocycles. The van der Waals surface area contributed by atoms with Crippen LogP contribution < -0.4 is 5.32 Å². The Balaban J connectivity index is 1.85. The van der Waals surface area contributed by atoms with Crippen molar-refractivity contribution in [2.24, 2.45) is 11.8 Å². The first-order valence-electron chi connectivity index (χ1n) is 8.81. The Bertz CT molecular complexity index is 713. The third-order valence-corrected chi connectivity index (χ3v) is 7.97. The SMILES string of the molecule is CC1CC(C)CN(CC(C)NC(=O)CN(C)S(=O)(=O)c2ccc(Cl)s2)C1. The molecule has 0 aliphatic carbocycles. The van der Waals surface area contributed by atoms with Crippen LogP contribution in [0.1, 0.15) is 27.2 Å². The van der Waals surface area contributed by atoms with Crippen LogP contribution in [0.15, 0.2) is 16.3 Å². The topological polar surface area (TPSA) is 69.7 Å². The summed E-state index contributed by atoms with van der Waals surface area (Å²) in [7, 11) is -2.29. The van der Waals surface area contributed by atoms with Gasteiger partial charge in [-0.2, -0.15) is 4.31 Å². The molecule has 148 valence electrons. The molecule has 1 saturated heterocycles. The number of hydrogen-bond donors (Lipinski definition) is 1. The number of halogens is 1. The van der Waals surface area contributed by atoms with Gasteiger partial charge in [-0.1, -0.05) is 25.4 Å². The van der Waals surface area contributed by atoms with Crippen LogP contribution in [0.5, 0.6) is 0 Å². The monoisotopic (exact) mass is 421 g/mol. The molecule has 2 rings (SSSR count). The second kappa shape index (κ2) is 9.01. The zero-order chi connectivity index (χ0) is 19.5. The number of thiophene rings is 1. The molecule has 1 aromatic heterocycles. The molecular weight excluding hydrogens is 394 g/mol. The van der Waals surface area contributed by atoms with Gasteiger partial charge in [-0.05, 0) is 37.3 Å². The van der Waals surface area contributed by atoms with Gasteiger partial charge in [0.25, 0.3) is 10.0 Å². The molecule has 0 aromatic carbocycles. The van der Waals surface area contributed by atoms with Crippen LogP contribution in [0.25, 0.3) is 0 Å². The van der Waals surface area contributed by atoms with Gasteiger partial charge in [0.15, 0.2) is 0 Å². The number of piperidine rings is 1. The molecule has 9 heteroatoms. The van der Waals surface area contributed by atoms with Crippen LogP contribution >= 0.6 is 22.9 Å². The molecule has 1 N–H and O–H groups in total. The second-order valence-corrected chi connectivity index (χ2v) is 11.4. The van der Waals surface area contributed by atoms with Gasteiger partial charge < -0.3 is 10.2 Å². The van der Waals surface area contributed by atoms with Crippen molar-refractivity contribution in [2.75, 3.05) is 33.2 Å². The molecular formula is C17H28ClN3O3S2. The summed E-state index contributed by atoms with van der Waals surface area (Å²) in [5, 5.41) is 2.91. The fourth-order valence-corrected chi connectivity index (χ4v) is 6.39. The minimum absolute atomic E-state index is 0.0349. The summed E-state index contributed by atoms with van der Waals surface area (Å²) in [6, 6.07) is 2.96. The number of nitrogens with one attached hydrogen (secondary N) is 1. The lowest BCUT2D eigenvalue weighted by Crippen LogP contribution is -2.48. The first kappa shape index (κ1) is 21.6. The Morgan fingerprint density at radius 2 is 2.00 bits per heavy atom. The Labute approximate surface area is 165 Å². The van der Waals surface area contributed by atoms with E-state index in [9.17, 15) is 13.2 Å². The molecule has 3 atom stereocenters. The number of amides is 1. The number of carbonyl (C=O) groups is 1. The smallest absolute Gasteiger partial charge is 0.252 e. The average molecular weight is 422 g/mol. The van der Waals surface area contributed by atoms with Crippen LogP contribution in [0.4, 0.5) is 0 Å². The Morgan fingerprint density at radius 1 is 1.38 bits per heavy atom. The maximum Gasteiger partial charge on any atom is 0.252 e. The van der Waals surface area contributed by atoms with Gasteiger partial charge in [-0.25, -0.2) is 8.42 Å². The van der Waals surface area contributed by atoms with E-state index in [1.165, 1.54) is 25.6 Å². The Kier molecular flexibility index (Phi) is 7.50. The van der Waals surface area contributed by atoms with Gasteiger partial charge in [-0.3, -0.25) is 4.79 Å². The van der Waals surface area contributed by atoms with E-state index in [4.69, 9.17) is 11.6 Å². The van der Waals surface area contributed by atoms with E-state index in [2.05, 4.69) is 24.1 Å². The lowest BCUT2D eigenvalue weighted by molar-refractivity contribution is -0.121. The summed E-state index contributed by atoms with van der Waals surface area (Å²) >= 11 is 6.80. The van der Waals surface area contributed by atoms with E-state index >= 15 is 0 Å². The highest BCUT2D eigenvalue weighted by molar-refractivity contribution is 7.91. The quantitative estimate of drug-likeness (QED) is 0.734. The Hall–Kier alpha value is -0.670. The standard InChI is InChI=1S/C17H28ClN3O3S2/c1-12-7-13(2)9-21(8-12)10-14(3)19-16(22)11-20(4)26(23,24)17-6-5-15(18)25-17/h5-6,12-14H,7-11H2,1-4H3,(H,19,22). The number of likely N-dealkylation sites (N-methyl/N-ethyl adjacent to an activating group) is 1. The molecule has 2 heterocycles. The summed E-state index contributed by atoms with van der Waals surface area (Å²) in [4.78, 5) is 14.6. The minimum atomic E-state index is -3.69. The average Bonchev–Trinajstić information content (AvgIpc) is 2.92. The van der Waals surface area contributed by atoms with E-state index in [1.807, 2.05) is 6.92 Å². The summed E-state index contributed by atoms with van der Waals surface area (Å²) in [6.45, 7) is 9.10. The normalized spacial score (nSPS) is 23.2. The number of hydrogen-bond acceptors (Lipinski definition) is 5. The zero-order valence-corrected chi connectivity index (χ0v) is 18.1. The summed E-state index contributed by atoms with van der Waals surface area (Å²) < 4.78 is 26.5. The van der Waals surface area contributed by atoms with E-state index in [0.29, 0.717) is 16.2 Å². The number of rotatable bonds is 7. The molecule has 6 nitrogen and oxygen atoms in total. The number of carbonyl (C=O) groups excluding carboxylic acids is 1. The molecule has 3 unspecified atom stereocenters. The molecule has 1 aromatic rings. The van der Waals surface area contributed by atoms with Gasteiger partial charge in [0.2, 0.25) is 5.91 Å². The zero-order valence-electron chi connectivity index (χ0n) is 15.7. The number of likely N-dealkylation sites (tertiary alicyclic amines) is 1. The van der Waals surface area contributed by atoms with Crippen LogP contribution in [0.2, 0.25) is 4.34 Å². The highest BCUT2D eigenvalue weighted by Crippen LogP contribution is 2.27. The lowest BCUT2D eigenvalue weighted by atomic mass is 9.92. The molecule has 1 aliphatic rings. The maximum atomic E-state index is 12.4. The third kappa shape index (κ3) is 5.92. The van der Waals surface area contributed by atoms with Crippen molar-refractivity contribution in [3.05, 3.63) is 16.5 Å². The summed E-state index contributed by atoms with van der Waals surface area (Å²) in [5.74, 6) is 1.02. The van der Waals surface area contributed by atoms with Gasteiger partial charge >= 0.3 is 0 Å². The van der Waals surface area contributed by atoms with Crippen LogP contribution in [0.3, 0.4) is 0 Å². The first-order chi connectivity index (χ1) is 12.1. The fraction of sp³-hybridized carbons (Fsp3) is 0.706. The largest absolute Gasteiger partial charge is 0.351 e. The van der Waals surface area contributed by atoms with Crippen molar-refractivity contribution in [1.29, 1.82) is 0 Å². The lowest BCUT2D eigenvalue weighted by Gasteiger charge is -2.36. The van der Waals surface area contributed by atoms with Crippen LogP contribution in [0, 0.1) is 11.8 Å². The molecule has 1 fully saturated rings. The van der Waals surface area contributed by atoms with E-state index < -0.39 is 10.0 Å². The van der Waals surface area contributed by atoms with E-state index in [0.717, 1.165) is 35.3 Å². The van der Waals surface area contributed by atoms with Crippen LogP contribution in [-0.4, -0.2) is 62.8 Å². The number of nitrogens with zero attached hydrogens (tertiary/aromatic N) is 2. The minimum Gasteiger partial charge on any atom is -0.351 e. The van der Waals surface area contributed by atoms with Crippen molar-refractivity contribution in [3.63, 3.8) is 0 Å². The Morgan fingerprint density at radius 3 is 2.54 bits per heavy atom. The molecule has 0 radical (unpaired) electrons. The third-order valence-electron chi connectivity index (χ3n) is 4.46. The second-order valence-electron chi connectivity index (χ2n) is 7.45. The van der Waals surface area contributed by atoms with Crippen LogP contribution in [-0.2, 0) is 14.8 Å². The predicted molar refractivity (Wildman–Crippen MR) is 106 cm³/mol. The van der Waals surface area contributed by atoms with Gasteiger partial charge in [0.05, 0.1) is 10.9 Å². The highest BCUT2D eigenvalue weighted by Gasteiger charge is 2.26. The van der Waals surface area contributed by atoms with Crippen molar-refractivity contribution in [2.45, 2.75) is 37.4 Å². The molecule has 1 amide bonds. The van der Waals surface area contributed by atoms with Crippen molar-refractivity contribution < 1.29 is 13.2 Å².